The number of aryl methyl sites for hydroxylation is 1. The van der Waals surface area contributed by atoms with Crippen LogP contribution in [0, 0.1) is 6.92 Å². The third-order valence-electron chi connectivity index (χ3n) is 5.14. The molecule has 0 amide bonds. The maximum Gasteiger partial charge on any atom is 0.349 e. The zero-order chi connectivity index (χ0) is 20.8. The molecule has 3 aromatic rings. The number of esters is 1. The van der Waals surface area contributed by atoms with Crippen LogP contribution in [0.5, 0.6) is 0 Å². The van der Waals surface area contributed by atoms with Gasteiger partial charge in [-0.15, -0.1) is 11.3 Å². The predicted octanol–water partition coefficient (Wildman–Crippen LogP) is 4.65. The Morgan fingerprint density at radius 2 is 1.83 bits per heavy atom. The summed E-state index contributed by atoms with van der Waals surface area (Å²) in [4.78, 5) is 12.5. The van der Waals surface area contributed by atoms with Crippen molar-refractivity contribution in [2.45, 2.75) is 31.2 Å². The fraction of sp³-hybridized carbons (Fsp3) is 0.227. The summed E-state index contributed by atoms with van der Waals surface area (Å²) >= 11 is 1.10. The van der Waals surface area contributed by atoms with E-state index in [-0.39, 0.29) is 15.8 Å². The summed E-state index contributed by atoms with van der Waals surface area (Å²) in [5.41, 5.74) is 3.99. The summed E-state index contributed by atoms with van der Waals surface area (Å²) in [5.74, 6) is -0.646. The van der Waals surface area contributed by atoms with Crippen LogP contribution in [-0.2, 0) is 21.2 Å². The molecule has 0 aliphatic carbocycles. The Labute approximate surface area is 174 Å². The number of benzene rings is 2. The molecule has 0 N–H and O–H groups in total. The van der Waals surface area contributed by atoms with E-state index < -0.39 is 16.0 Å². The second-order valence-electron chi connectivity index (χ2n) is 7.15. The number of carbonyl (C=O) groups is 1. The van der Waals surface area contributed by atoms with Gasteiger partial charge in [0, 0.05) is 17.0 Å². The zero-order valence-electron chi connectivity index (χ0n) is 16.4. The van der Waals surface area contributed by atoms with E-state index in [9.17, 15) is 13.2 Å². The number of nitrogens with zero attached hydrogens (tertiary/aromatic N) is 1. The number of sulfonamides is 1. The molecule has 0 saturated carbocycles. The van der Waals surface area contributed by atoms with E-state index in [1.54, 1.807) is 5.38 Å². The van der Waals surface area contributed by atoms with Crippen molar-refractivity contribution in [3.8, 4) is 11.1 Å². The molecule has 5 nitrogen and oxygen atoms in total. The van der Waals surface area contributed by atoms with Gasteiger partial charge in [-0.05, 0) is 37.5 Å². The quantitative estimate of drug-likeness (QED) is 0.569. The van der Waals surface area contributed by atoms with Gasteiger partial charge in [-0.1, -0.05) is 48.0 Å². The average Bonchev–Trinajstić information content (AvgIpc) is 3.29. The van der Waals surface area contributed by atoms with Crippen molar-refractivity contribution in [1.82, 2.24) is 0 Å². The highest BCUT2D eigenvalue weighted by molar-refractivity contribution is 7.93. The third kappa shape index (κ3) is 3.24. The highest BCUT2D eigenvalue weighted by Crippen LogP contribution is 2.42. The predicted molar refractivity (Wildman–Crippen MR) is 115 cm³/mol. The van der Waals surface area contributed by atoms with Gasteiger partial charge in [0.05, 0.1) is 12.8 Å². The smallest absolute Gasteiger partial charge is 0.349 e. The first-order valence-electron chi connectivity index (χ1n) is 9.23. The van der Waals surface area contributed by atoms with Crippen molar-refractivity contribution in [1.29, 1.82) is 0 Å². The summed E-state index contributed by atoms with van der Waals surface area (Å²) in [6.45, 7) is 3.85. The van der Waals surface area contributed by atoms with Crippen LogP contribution in [0.2, 0.25) is 0 Å². The van der Waals surface area contributed by atoms with Crippen LogP contribution in [-0.4, -0.2) is 27.5 Å². The molecule has 0 fully saturated rings. The number of thiophene rings is 1. The molecular weight excluding hydrogens is 406 g/mol. The van der Waals surface area contributed by atoms with Crippen LogP contribution in [0.25, 0.3) is 11.1 Å². The molecule has 2 aromatic carbocycles. The van der Waals surface area contributed by atoms with Gasteiger partial charge in [0.1, 0.15) is 9.77 Å². The number of para-hydroxylation sites is 1. The Morgan fingerprint density at radius 3 is 2.52 bits per heavy atom. The molecule has 4 rings (SSSR count). The summed E-state index contributed by atoms with van der Waals surface area (Å²) in [7, 11) is -2.73. The monoisotopic (exact) mass is 427 g/mol. The topological polar surface area (TPSA) is 63.7 Å². The molecule has 1 atom stereocenters. The van der Waals surface area contributed by atoms with Gasteiger partial charge < -0.3 is 4.74 Å². The van der Waals surface area contributed by atoms with Crippen LogP contribution in [0.4, 0.5) is 5.69 Å². The molecule has 150 valence electrons. The van der Waals surface area contributed by atoms with Crippen LogP contribution in [0.3, 0.4) is 0 Å². The fourth-order valence-corrected chi connectivity index (χ4v) is 7.15. The molecule has 0 bridgehead atoms. The molecule has 1 aliphatic heterocycles. The second-order valence-corrected chi connectivity index (χ2v) is 9.78. The third-order valence-corrected chi connectivity index (χ3v) is 8.24. The minimum absolute atomic E-state index is 0.0155. The van der Waals surface area contributed by atoms with E-state index in [0.29, 0.717) is 17.7 Å². The van der Waals surface area contributed by atoms with E-state index in [1.165, 1.54) is 11.4 Å². The number of fused-ring (bicyclic) bond motifs is 1. The Balaban J connectivity index is 1.94. The SMILES string of the molecule is COC(=O)c1scc(-c2ccc(C)cc2)c1S(=O)(=O)N1c2ccccc2C[C@H]1C. The summed E-state index contributed by atoms with van der Waals surface area (Å²) in [6.07, 6.45) is 0.632. The fourth-order valence-electron chi connectivity index (χ4n) is 3.77. The van der Waals surface area contributed by atoms with E-state index in [2.05, 4.69) is 0 Å². The van der Waals surface area contributed by atoms with Crippen LogP contribution < -0.4 is 4.31 Å². The number of hydrogen-bond donors (Lipinski definition) is 0. The first kappa shape index (κ1) is 19.7. The lowest BCUT2D eigenvalue weighted by Crippen LogP contribution is -2.36. The molecule has 0 radical (unpaired) electrons. The molecule has 1 aromatic heterocycles. The van der Waals surface area contributed by atoms with Crippen LogP contribution >= 0.6 is 11.3 Å². The summed E-state index contributed by atoms with van der Waals surface area (Å²) in [6, 6.07) is 14.8. The average molecular weight is 428 g/mol. The Hall–Kier alpha value is -2.64. The number of hydrogen-bond acceptors (Lipinski definition) is 5. The number of methoxy groups -OCH3 is 1. The Bertz CT molecular complexity index is 1180. The first-order chi connectivity index (χ1) is 13.8. The molecular formula is C22H21NO4S2. The lowest BCUT2D eigenvalue weighted by atomic mass is 10.1. The van der Waals surface area contributed by atoms with E-state index in [0.717, 1.165) is 28.0 Å². The maximum atomic E-state index is 13.9. The van der Waals surface area contributed by atoms with Gasteiger partial charge in [-0.25, -0.2) is 13.2 Å². The highest BCUT2D eigenvalue weighted by atomic mass is 32.2. The van der Waals surface area contributed by atoms with E-state index in [4.69, 9.17) is 4.74 Å². The maximum absolute atomic E-state index is 13.9. The number of rotatable bonds is 4. The van der Waals surface area contributed by atoms with E-state index in [1.807, 2.05) is 62.4 Å². The second kappa shape index (κ2) is 7.31. The number of anilines is 1. The Morgan fingerprint density at radius 1 is 1.14 bits per heavy atom. The Kier molecular flexibility index (Phi) is 4.96. The molecule has 1 aliphatic rings. The highest BCUT2D eigenvalue weighted by Gasteiger charge is 2.40. The van der Waals surface area contributed by atoms with E-state index >= 15 is 0 Å². The van der Waals surface area contributed by atoms with Crippen molar-refractivity contribution in [3.63, 3.8) is 0 Å². The molecule has 0 spiro atoms. The first-order valence-corrected chi connectivity index (χ1v) is 11.6. The minimum Gasteiger partial charge on any atom is -0.465 e. The molecule has 0 saturated heterocycles. The van der Waals surface area contributed by atoms with Crippen molar-refractivity contribution in [3.05, 3.63) is 69.9 Å². The standard InChI is InChI=1S/C22H21NO4S2/c1-14-8-10-16(11-9-14)18-13-28-20(22(24)27-3)21(18)29(25,26)23-15(2)12-17-6-4-5-7-19(17)23/h4-11,13,15H,12H2,1-3H3/t15-/m1/s1. The van der Waals surface area contributed by atoms with Gasteiger partial charge in [0.15, 0.2) is 0 Å². The largest absolute Gasteiger partial charge is 0.465 e. The minimum atomic E-state index is -3.99. The normalized spacial score (nSPS) is 16.0. The number of ether oxygens (including phenoxy) is 1. The molecule has 7 heteroatoms. The molecule has 2 heterocycles. The van der Waals surface area contributed by atoms with Gasteiger partial charge in [0.2, 0.25) is 0 Å². The van der Waals surface area contributed by atoms with Crippen molar-refractivity contribution >= 4 is 33.0 Å². The zero-order valence-corrected chi connectivity index (χ0v) is 18.0. The van der Waals surface area contributed by atoms with Gasteiger partial charge in [-0.3, -0.25) is 4.31 Å². The van der Waals surface area contributed by atoms with Crippen LogP contribution in [0.1, 0.15) is 27.7 Å². The molecule has 0 unspecified atom stereocenters. The van der Waals surface area contributed by atoms with Crippen molar-refractivity contribution in [2.75, 3.05) is 11.4 Å². The summed E-state index contributed by atoms with van der Waals surface area (Å²) in [5, 5.41) is 1.72. The van der Waals surface area contributed by atoms with Gasteiger partial charge >= 0.3 is 5.97 Å². The summed E-state index contributed by atoms with van der Waals surface area (Å²) < 4.78 is 34.1. The van der Waals surface area contributed by atoms with Gasteiger partial charge in [0.25, 0.3) is 10.0 Å². The van der Waals surface area contributed by atoms with Crippen LogP contribution in [0.15, 0.2) is 58.8 Å². The number of carbonyl (C=O) groups excluding carboxylic acids is 1. The lowest BCUT2D eigenvalue weighted by Gasteiger charge is -2.25. The molecule has 29 heavy (non-hydrogen) atoms. The van der Waals surface area contributed by atoms with Gasteiger partial charge in [-0.2, -0.15) is 0 Å². The lowest BCUT2D eigenvalue weighted by molar-refractivity contribution is 0.0602. The van der Waals surface area contributed by atoms with Crippen molar-refractivity contribution in [2.24, 2.45) is 0 Å². The van der Waals surface area contributed by atoms with Crippen molar-refractivity contribution < 1.29 is 17.9 Å².